The predicted octanol–water partition coefficient (Wildman–Crippen LogP) is -0.880. The molecule has 110 valence electrons. The van der Waals surface area contributed by atoms with Crippen LogP contribution in [0.1, 0.15) is 20.3 Å². The molecule has 1 aliphatic rings. The van der Waals surface area contributed by atoms with E-state index in [1.165, 1.54) is 4.90 Å². The van der Waals surface area contributed by atoms with Gasteiger partial charge in [0.15, 0.2) is 6.04 Å². The van der Waals surface area contributed by atoms with E-state index >= 15 is 0 Å². The molecule has 20 heavy (non-hydrogen) atoms. The van der Waals surface area contributed by atoms with Crippen LogP contribution in [0.4, 0.5) is 5.82 Å². The van der Waals surface area contributed by atoms with Crippen LogP contribution in [-0.4, -0.2) is 44.7 Å². The molecule has 0 aromatic carbocycles. The van der Waals surface area contributed by atoms with E-state index in [9.17, 15) is 4.79 Å². The number of pyridine rings is 1. The molecule has 5 heteroatoms. The number of hydrogen-bond donors (Lipinski definition) is 2. The third-order valence-electron chi connectivity index (χ3n) is 3.99. The highest BCUT2D eigenvalue weighted by molar-refractivity contribution is 5.79. The van der Waals surface area contributed by atoms with E-state index in [2.05, 4.69) is 28.2 Å². The molecule has 1 saturated heterocycles. The van der Waals surface area contributed by atoms with Crippen LogP contribution in [0.15, 0.2) is 24.4 Å². The fraction of sp³-hybridized carbons (Fsp3) is 0.600. The van der Waals surface area contributed by atoms with Crippen LogP contribution < -0.4 is 20.1 Å². The molecule has 1 atom stereocenters. The second-order valence-electron chi connectivity index (χ2n) is 5.41. The van der Waals surface area contributed by atoms with Gasteiger partial charge in [0.1, 0.15) is 26.2 Å². The third-order valence-corrected chi connectivity index (χ3v) is 3.99. The lowest BCUT2D eigenvalue weighted by Crippen LogP contribution is -3.19. The van der Waals surface area contributed by atoms with Crippen molar-refractivity contribution in [2.45, 2.75) is 26.3 Å². The Bertz CT molecular complexity index is 415. The maximum atomic E-state index is 12.0. The first-order chi connectivity index (χ1) is 9.72. The zero-order chi connectivity index (χ0) is 14.4. The van der Waals surface area contributed by atoms with Gasteiger partial charge in [0.05, 0.1) is 6.20 Å². The molecular weight excluding hydrogens is 252 g/mol. The first-order valence-corrected chi connectivity index (χ1v) is 7.56. The molecule has 3 N–H and O–H groups in total. The highest BCUT2D eigenvalue weighted by Gasteiger charge is 2.31. The number of nitrogens with one attached hydrogen (secondary N) is 3. The van der Waals surface area contributed by atoms with Crippen molar-refractivity contribution < 1.29 is 14.7 Å². The van der Waals surface area contributed by atoms with E-state index < -0.39 is 0 Å². The highest BCUT2D eigenvalue weighted by atomic mass is 16.2. The Kier molecular flexibility index (Phi) is 5.35. The summed E-state index contributed by atoms with van der Waals surface area (Å²) in [5.41, 5.74) is 0. The molecule has 2 rings (SSSR count). The Labute approximate surface area is 121 Å². The molecular formula is C15H26N4O+2. The lowest BCUT2D eigenvalue weighted by molar-refractivity contribution is -0.914. The van der Waals surface area contributed by atoms with E-state index in [-0.39, 0.29) is 11.9 Å². The number of hydrogen-bond acceptors (Lipinski definition) is 2. The normalized spacial score (nSPS) is 17.8. The van der Waals surface area contributed by atoms with Crippen molar-refractivity contribution in [3.05, 3.63) is 24.4 Å². The summed E-state index contributed by atoms with van der Waals surface area (Å²) in [6, 6.07) is 6.18. The van der Waals surface area contributed by atoms with E-state index in [1.807, 2.05) is 25.3 Å². The number of rotatable bonds is 5. The van der Waals surface area contributed by atoms with Crippen molar-refractivity contribution in [1.29, 1.82) is 0 Å². The maximum absolute atomic E-state index is 12.0. The van der Waals surface area contributed by atoms with Gasteiger partial charge in [-0.1, -0.05) is 13.0 Å². The zero-order valence-corrected chi connectivity index (χ0v) is 12.5. The van der Waals surface area contributed by atoms with E-state index in [0.29, 0.717) is 0 Å². The average Bonchev–Trinajstić information content (AvgIpc) is 2.53. The van der Waals surface area contributed by atoms with Gasteiger partial charge in [-0.25, -0.2) is 4.98 Å². The van der Waals surface area contributed by atoms with Crippen LogP contribution in [0.3, 0.4) is 0 Å². The van der Waals surface area contributed by atoms with Gasteiger partial charge in [0, 0.05) is 12.6 Å². The Morgan fingerprint density at radius 2 is 2.20 bits per heavy atom. The van der Waals surface area contributed by atoms with Gasteiger partial charge in [-0.15, -0.1) is 0 Å². The fourth-order valence-corrected chi connectivity index (χ4v) is 2.64. The maximum Gasteiger partial charge on any atom is 0.278 e. The van der Waals surface area contributed by atoms with Gasteiger partial charge in [-0.2, -0.15) is 0 Å². The minimum Gasteiger partial charge on any atom is -0.351 e. The molecule has 2 heterocycles. The van der Waals surface area contributed by atoms with Crippen molar-refractivity contribution in [3.63, 3.8) is 0 Å². The Morgan fingerprint density at radius 3 is 2.80 bits per heavy atom. The molecule has 1 aromatic heterocycles. The zero-order valence-electron chi connectivity index (χ0n) is 12.5. The summed E-state index contributed by atoms with van der Waals surface area (Å²) >= 11 is 0. The summed E-state index contributed by atoms with van der Waals surface area (Å²) in [6.07, 6.45) is 2.95. The number of carbonyl (C=O) groups is 1. The van der Waals surface area contributed by atoms with Gasteiger partial charge in [0.25, 0.3) is 11.7 Å². The van der Waals surface area contributed by atoms with Crippen LogP contribution in [0.2, 0.25) is 0 Å². The lowest BCUT2D eigenvalue weighted by atomic mass is 10.2. The molecule has 0 spiro atoms. The number of carbonyl (C=O) groups excluding carboxylic acids is 1. The van der Waals surface area contributed by atoms with Crippen LogP contribution in [0.25, 0.3) is 0 Å². The lowest BCUT2D eigenvalue weighted by Gasteiger charge is -2.31. The molecule has 1 aliphatic heterocycles. The second kappa shape index (κ2) is 7.24. The summed E-state index contributed by atoms with van der Waals surface area (Å²) in [6.45, 7) is 8.87. The molecule has 0 unspecified atom stereocenters. The quantitative estimate of drug-likeness (QED) is 0.735. The van der Waals surface area contributed by atoms with Gasteiger partial charge in [-0.3, -0.25) is 9.69 Å². The number of anilines is 1. The molecule has 0 saturated carbocycles. The largest absolute Gasteiger partial charge is 0.351 e. The minimum absolute atomic E-state index is 0.0449. The van der Waals surface area contributed by atoms with E-state index in [4.69, 9.17) is 0 Å². The Hall–Kier alpha value is -1.62. The van der Waals surface area contributed by atoms with Gasteiger partial charge >= 0.3 is 0 Å². The van der Waals surface area contributed by atoms with Crippen LogP contribution in [0.5, 0.6) is 0 Å². The number of aromatic amines is 1. The molecule has 1 fully saturated rings. The highest BCUT2D eigenvalue weighted by Crippen LogP contribution is 2.04. The summed E-state index contributed by atoms with van der Waals surface area (Å²) < 4.78 is 0. The van der Waals surface area contributed by atoms with Crippen molar-refractivity contribution in [2.24, 2.45) is 0 Å². The summed E-state index contributed by atoms with van der Waals surface area (Å²) in [5, 5.41) is 2.99. The number of nitrogens with zero attached hydrogens (tertiary/aromatic N) is 1. The van der Waals surface area contributed by atoms with Crippen LogP contribution in [0, 0.1) is 0 Å². The number of amides is 1. The number of aromatic nitrogens is 1. The first kappa shape index (κ1) is 14.8. The van der Waals surface area contributed by atoms with Crippen molar-refractivity contribution in [2.75, 3.05) is 37.6 Å². The van der Waals surface area contributed by atoms with Crippen molar-refractivity contribution in [1.82, 2.24) is 5.32 Å². The summed E-state index contributed by atoms with van der Waals surface area (Å²) in [5.74, 6) is 1.34. The van der Waals surface area contributed by atoms with Crippen LogP contribution in [-0.2, 0) is 4.79 Å². The monoisotopic (exact) mass is 278 g/mol. The third kappa shape index (κ3) is 3.70. The standard InChI is InChI=1S/C15H24N4O/c1-3-7-17-15(20)13(2)18-9-11-19(12-10-18)14-6-4-5-8-16-14/h4-6,8,13H,3,7,9-12H2,1-2H3,(H,17,20)/p+2/t13-/m1/s1. The Balaban J connectivity index is 1.83. The van der Waals surface area contributed by atoms with Crippen molar-refractivity contribution >= 4 is 11.7 Å². The number of piperazine rings is 1. The van der Waals surface area contributed by atoms with Gasteiger partial charge in [-0.05, 0) is 19.4 Å². The Morgan fingerprint density at radius 1 is 1.45 bits per heavy atom. The summed E-state index contributed by atoms with van der Waals surface area (Å²) in [7, 11) is 0. The SMILES string of the molecule is CCCNC(=O)[C@@H](C)[NH+]1CCN(c2cccc[nH+]2)CC1. The number of H-pyrrole nitrogens is 1. The van der Waals surface area contributed by atoms with Crippen LogP contribution >= 0.6 is 0 Å². The molecule has 0 aliphatic carbocycles. The molecule has 5 nitrogen and oxygen atoms in total. The molecule has 0 bridgehead atoms. The van der Waals surface area contributed by atoms with Gasteiger partial charge in [0.2, 0.25) is 0 Å². The minimum atomic E-state index is 0.0449. The van der Waals surface area contributed by atoms with E-state index in [0.717, 1.165) is 45.0 Å². The molecule has 0 radical (unpaired) electrons. The van der Waals surface area contributed by atoms with E-state index in [1.54, 1.807) is 0 Å². The van der Waals surface area contributed by atoms with Crippen molar-refractivity contribution in [3.8, 4) is 0 Å². The fourth-order valence-electron chi connectivity index (χ4n) is 2.64. The smallest absolute Gasteiger partial charge is 0.278 e. The first-order valence-electron chi connectivity index (χ1n) is 7.56. The molecule has 1 aromatic rings. The average molecular weight is 278 g/mol. The van der Waals surface area contributed by atoms with Gasteiger partial charge < -0.3 is 10.2 Å². The second-order valence-corrected chi connectivity index (χ2v) is 5.41. The molecule has 1 amide bonds. The topological polar surface area (TPSA) is 50.9 Å². The summed E-state index contributed by atoms with van der Waals surface area (Å²) in [4.78, 5) is 19.0. The predicted molar refractivity (Wildman–Crippen MR) is 78.7 cm³/mol. The number of quaternary nitrogens is 1.